The Morgan fingerprint density at radius 1 is 1.20 bits per heavy atom. The summed E-state index contributed by atoms with van der Waals surface area (Å²) >= 11 is 0. The molecule has 1 aromatic rings. The molecule has 0 spiro atoms. The van der Waals surface area contributed by atoms with Gasteiger partial charge in [0.05, 0.1) is 0 Å². The van der Waals surface area contributed by atoms with Crippen molar-refractivity contribution in [1.82, 2.24) is 5.32 Å². The highest BCUT2D eigenvalue weighted by Gasteiger charge is 2.41. The van der Waals surface area contributed by atoms with Gasteiger partial charge in [-0.15, -0.1) is 0 Å². The zero-order valence-corrected chi connectivity index (χ0v) is 10.2. The lowest BCUT2D eigenvalue weighted by atomic mass is 9.67. The summed E-state index contributed by atoms with van der Waals surface area (Å²) in [4.78, 5) is 0. The van der Waals surface area contributed by atoms with E-state index in [1.165, 1.54) is 11.1 Å². The van der Waals surface area contributed by atoms with Gasteiger partial charge in [0, 0.05) is 12.1 Å². The molecule has 0 bridgehead atoms. The molecular weight excluding hydrogens is 182 g/mol. The van der Waals surface area contributed by atoms with E-state index >= 15 is 0 Å². The molecular formula is C14H21N. The van der Waals surface area contributed by atoms with Gasteiger partial charge < -0.3 is 5.32 Å². The fourth-order valence-corrected chi connectivity index (χ4v) is 2.44. The molecule has 0 aromatic heterocycles. The summed E-state index contributed by atoms with van der Waals surface area (Å²) in [5.74, 6) is 0. The molecule has 1 atom stereocenters. The Kier molecular flexibility index (Phi) is 2.38. The van der Waals surface area contributed by atoms with Gasteiger partial charge in [-0.1, -0.05) is 45.0 Å². The fraction of sp³-hybridized carbons (Fsp3) is 0.571. The molecule has 1 heterocycles. The summed E-state index contributed by atoms with van der Waals surface area (Å²) in [7, 11) is 0. The van der Waals surface area contributed by atoms with Gasteiger partial charge in [0.15, 0.2) is 0 Å². The van der Waals surface area contributed by atoms with Crippen LogP contribution in [0.5, 0.6) is 0 Å². The molecule has 82 valence electrons. The van der Waals surface area contributed by atoms with Gasteiger partial charge in [0.2, 0.25) is 0 Å². The smallest absolute Gasteiger partial charge is 0.0457 e. The summed E-state index contributed by atoms with van der Waals surface area (Å²) in [6.07, 6.45) is 1.15. The Hall–Kier alpha value is -0.820. The third kappa shape index (κ3) is 1.59. The maximum absolute atomic E-state index is 3.69. The van der Waals surface area contributed by atoms with E-state index in [0.29, 0.717) is 0 Å². The van der Waals surface area contributed by atoms with E-state index in [9.17, 15) is 0 Å². The first-order valence-corrected chi connectivity index (χ1v) is 5.78. The molecule has 0 saturated carbocycles. The van der Waals surface area contributed by atoms with E-state index in [-0.39, 0.29) is 11.0 Å². The first kappa shape index (κ1) is 10.7. The lowest BCUT2D eigenvalue weighted by Crippen LogP contribution is -2.53. The number of benzene rings is 1. The van der Waals surface area contributed by atoms with E-state index in [0.717, 1.165) is 13.0 Å². The zero-order chi connectivity index (χ0) is 11.1. The molecule has 0 amide bonds. The summed E-state index contributed by atoms with van der Waals surface area (Å²) < 4.78 is 0. The average molecular weight is 203 g/mol. The molecule has 1 nitrogen and oxygen atoms in total. The first-order chi connectivity index (χ1) is 6.95. The van der Waals surface area contributed by atoms with Crippen molar-refractivity contribution in [2.75, 3.05) is 6.54 Å². The van der Waals surface area contributed by atoms with Crippen molar-refractivity contribution in [2.24, 2.45) is 5.41 Å². The highest BCUT2D eigenvalue weighted by molar-refractivity contribution is 5.37. The van der Waals surface area contributed by atoms with Crippen molar-refractivity contribution >= 4 is 0 Å². The maximum Gasteiger partial charge on any atom is 0.0457 e. The van der Waals surface area contributed by atoms with E-state index in [1.807, 2.05) is 0 Å². The van der Waals surface area contributed by atoms with Gasteiger partial charge in [-0.3, -0.25) is 0 Å². The van der Waals surface area contributed by atoms with Crippen molar-refractivity contribution < 1.29 is 0 Å². The number of rotatable bonds is 0. The predicted molar refractivity (Wildman–Crippen MR) is 65.0 cm³/mol. The lowest BCUT2D eigenvalue weighted by molar-refractivity contribution is 0.148. The van der Waals surface area contributed by atoms with Crippen molar-refractivity contribution in [2.45, 2.75) is 39.7 Å². The molecule has 1 N–H and O–H groups in total. The van der Waals surface area contributed by atoms with Crippen LogP contribution in [0.1, 0.15) is 38.8 Å². The predicted octanol–water partition coefficient (Wildman–Crippen LogP) is 3.09. The third-order valence-electron chi connectivity index (χ3n) is 3.93. The Morgan fingerprint density at radius 3 is 2.53 bits per heavy atom. The summed E-state index contributed by atoms with van der Waals surface area (Å²) in [6.45, 7) is 10.3. The van der Waals surface area contributed by atoms with Crippen molar-refractivity contribution in [3.05, 3.63) is 35.4 Å². The van der Waals surface area contributed by atoms with Crippen LogP contribution in [0, 0.1) is 5.41 Å². The Morgan fingerprint density at radius 2 is 1.87 bits per heavy atom. The highest BCUT2D eigenvalue weighted by Crippen LogP contribution is 2.42. The summed E-state index contributed by atoms with van der Waals surface area (Å²) in [5, 5.41) is 3.69. The third-order valence-corrected chi connectivity index (χ3v) is 3.93. The second-order valence-electron chi connectivity index (χ2n) is 5.71. The molecule has 1 aromatic carbocycles. The molecule has 1 heteroatoms. The zero-order valence-electron chi connectivity index (χ0n) is 10.2. The van der Waals surface area contributed by atoms with Crippen LogP contribution in [0.2, 0.25) is 0 Å². The quantitative estimate of drug-likeness (QED) is 0.683. The highest BCUT2D eigenvalue weighted by atomic mass is 15.0. The van der Waals surface area contributed by atoms with Gasteiger partial charge in [-0.05, 0) is 29.9 Å². The van der Waals surface area contributed by atoms with Crippen LogP contribution in [0.4, 0.5) is 0 Å². The average Bonchev–Trinajstić information content (AvgIpc) is 2.17. The largest absolute Gasteiger partial charge is 0.307 e. The van der Waals surface area contributed by atoms with Crippen LogP contribution < -0.4 is 5.32 Å². The van der Waals surface area contributed by atoms with Gasteiger partial charge in [0.1, 0.15) is 0 Å². The van der Waals surface area contributed by atoms with E-state index < -0.39 is 0 Å². The molecule has 1 unspecified atom stereocenters. The number of hydrogen-bond acceptors (Lipinski definition) is 1. The van der Waals surface area contributed by atoms with E-state index in [4.69, 9.17) is 0 Å². The topological polar surface area (TPSA) is 12.0 Å². The van der Waals surface area contributed by atoms with Crippen LogP contribution in [-0.4, -0.2) is 6.54 Å². The van der Waals surface area contributed by atoms with Gasteiger partial charge in [0.25, 0.3) is 0 Å². The maximum atomic E-state index is 3.69. The fourth-order valence-electron chi connectivity index (χ4n) is 2.44. The van der Waals surface area contributed by atoms with Crippen molar-refractivity contribution in [3.63, 3.8) is 0 Å². The molecule has 1 aliphatic rings. The summed E-state index contributed by atoms with van der Waals surface area (Å²) in [5.41, 5.74) is 3.32. The van der Waals surface area contributed by atoms with E-state index in [1.54, 1.807) is 0 Å². The Bertz CT molecular complexity index is 362. The van der Waals surface area contributed by atoms with Crippen LogP contribution in [0.3, 0.4) is 0 Å². The minimum Gasteiger partial charge on any atom is -0.307 e. The Labute approximate surface area is 92.9 Å². The number of nitrogens with one attached hydrogen (secondary N) is 1. The molecule has 2 rings (SSSR count). The van der Waals surface area contributed by atoms with Crippen LogP contribution in [-0.2, 0) is 12.0 Å². The minimum absolute atomic E-state index is 0.0991. The van der Waals surface area contributed by atoms with E-state index in [2.05, 4.69) is 57.3 Å². The van der Waals surface area contributed by atoms with Crippen LogP contribution in [0.15, 0.2) is 24.3 Å². The monoisotopic (exact) mass is 203 g/mol. The van der Waals surface area contributed by atoms with Gasteiger partial charge in [-0.25, -0.2) is 0 Å². The standard InChI is InChI=1S/C14H21N/c1-13(2,3)14(4)12-8-6-5-7-11(12)9-10-15-14/h5-8,15H,9-10H2,1-4H3. The van der Waals surface area contributed by atoms with Gasteiger partial charge >= 0.3 is 0 Å². The second kappa shape index (κ2) is 3.34. The second-order valence-corrected chi connectivity index (χ2v) is 5.71. The van der Waals surface area contributed by atoms with Crippen molar-refractivity contribution in [1.29, 1.82) is 0 Å². The molecule has 0 saturated heterocycles. The van der Waals surface area contributed by atoms with Crippen molar-refractivity contribution in [3.8, 4) is 0 Å². The number of hydrogen-bond donors (Lipinski definition) is 1. The molecule has 0 aliphatic carbocycles. The SMILES string of the molecule is CC(C)(C)C1(C)NCCc2ccccc21. The molecule has 0 radical (unpaired) electrons. The Balaban J connectivity index is 2.55. The lowest BCUT2D eigenvalue weighted by Gasteiger charge is -2.47. The first-order valence-electron chi connectivity index (χ1n) is 5.78. The van der Waals surface area contributed by atoms with Crippen LogP contribution in [0.25, 0.3) is 0 Å². The molecule has 15 heavy (non-hydrogen) atoms. The van der Waals surface area contributed by atoms with Crippen LogP contribution >= 0.6 is 0 Å². The normalized spacial score (nSPS) is 26.1. The van der Waals surface area contributed by atoms with Gasteiger partial charge in [-0.2, -0.15) is 0 Å². The number of fused-ring (bicyclic) bond motifs is 1. The molecule has 1 aliphatic heterocycles. The minimum atomic E-state index is 0.0991. The molecule has 0 fully saturated rings. The summed E-state index contributed by atoms with van der Waals surface area (Å²) in [6, 6.07) is 8.83.